The van der Waals surface area contributed by atoms with E-state index in [-0.39, 0.29) is 5.56 Å². The number of aryl methyl sites for hydroxylation is 1. The number of hydrogen-bond acceptors (Lipinski definition) is 4. The highest BCUT2D eigenvalue weighted by Crippen LogP contribution is 2.29. The van der Waals surface area contributed by atoms with Gasteiger partial charge in [-0.05, 0) is 36.4 Å². The summed E-state index contributed by atoms with van der Waals surface area (Å²) in [4.78, 5) is 20.5. The fraction of sp³-hybridized carbons (Fsp3) is 0.250. The molecular weight excluding hydrogens is 284 g/mol. The second kappa shape index (κ2) is 5.69. The van der Waals surface area contributed by atoms with Crippen molar-refractivity contribution in [2.24, 2.45) is 0 Å². The molecule has 0 saturated carbocycles. The molecule has 0 amide bonds. The highest BCUT2D eigenvalue weighted by Gasteiger charge is 2.12. The number of aromatic amines is 1. The highest BCUT2D eigenvalue weighted by atomic mass is 32.1. The lowest BCUT2D eigenvalue weighted by molar-refractivity contribution is 0.318. The van der Waals surface area contributed by atoms with Crippen molar-refractivity contribution in [3.8, 4) is 17.1 Å². The van der Waals surface area contributed by atoms with Crippen molar-refractivity contribution in [1.82, 2.24) is 9.97 Å². The van der Waals surface area contributed by atoms with Gasteiger partial charge in [0.05, 0.1) is 17.6 Å². The largest absolute Gasteiger partial charge is 0.493 e. The van der Waals surface area contributed by atoms with Gasteiger partial charge in [0.2, 0.25) is 0 Å². The fourth-order valence-corrected chi connectivity index (χ4v) is 3.14. The maximum Gasteiger partial charge on any atom is 0.260 e. The lowest BCUT2D eigenvalue weighted by atomic mass is 10.2. The maximum atomic E-state index is 12.3. The third-order valence-electron chi connectivity index (χ3n) is 3.23. The van der Waals surface area contributed by atoms with Gasteiger partial charge >= 0.3 is 0 Å². The third-order valence-corrected chi connectivity index (χ3v) is 4.22. The van der Waals surface area contributed by atoms with Crippen LogP contribution in [0.4, 0.5) is 0 Å². The molecule has 0 aliphatic heterocycles. The van der Waals surface area contributed by atoms with Crippen LogP contribution in [0.2, 0.25) is 0 Å². The molecule has 3 rings (SSSR count). The number of nitrogens with zero attached hydrogens (tertiary/aromatic N) is 1. The predicted molar refractivity (Wildman–Crippen MR) is 86.2 cm³/mol. The lowest BCUT2D eigenvalue weighted by Gasteiger charge is -2.10. The van der Waals surface area contributed by atoms with Crippen LogP contribution in [0.3, 0.4) is 0 Å². The Kier molecular flexibility index (Phi) is 3.75. The molecule has 0 unspecified atom stereocenters. The SMILES string of the molecule is CCCOc1ccccc1-c1nc2scc(C)c2c(=O)[nH]1. The molecule has 0 spiro atoms. The topological polar surface area (TPSA) is 55.0 Å². The van der Waals surface area contributed by atoms with Crippen LogP contribution in [-0.2, 0) is 0 Å². The molecule has 1 N–H and O–H groups in total. The van der Waals surface area contributed by atoms with Gasteiger partial charge in [-0.1, -0.05) is 19.1 Å². The monoisotopic (exact) mass is 300 g/mol. The van der Waals surface area contributed by atoms with Crippen molar-refractivity contribution < 1.29 is 4.74 Å². The third kappa shape index (κ3) is 2.56. The number of thiophene rings is 1. The van der Waals surface area contributed by atoms with Gasteiger partial charge in [0.25, 0.3) is 5.56 Å². The number of rotatable bonds is 4. The Morgan fingerprint density at radius 1 is 1.33 bits per heavy atom. The Hall–Kier alpha value is -2.14. The molecule has 0 radical (unpaired) electrons. The van der Waals surface area contributed by atoms with Gasteiger partial charge in [-0.3, -0.25) is 4.79 Å². The summed E-state index contributed by atoms with van der Waals surface area (Å²) < 4.78 is 5.74. The summed E-state index contributed by atoms with van der Waals surface area (Å²) in [5.74, 6) is 1.30. The molecule has 0 saturated heterocycles. The Bertz CT molecular complexity index is 836. The molecule has 108 valence electrons. The normalized spacial score (nSPS) is 11.0. The van der Waals surface area contributed by atoms with Gasteiger partial charge in [0.1, 0.15) is 16.4 Å². The van der Waals surface area contributed by atoms with Crippen LogP contribution in [0.25, 0.3) is 21.6 Å². The quantitative estimate of drug-likeness (QED) is 0.798. The van der Waals surface area contributed by atoms with E-state index in [1.165, 1.54) is 11.3 Å². The predicted octanol–water partition coefficient (Wildman–Crippen LogP) is 3.75. The minimum atomic E-state index is -0.0981. The van der Waals surface area contributed by atoms with E-state index < -0.39 is 0 Å². The van der Waals surface area contributed by atoms with Crippen molar-refractivity contribution in [3.05, 3.63) is 45.6 Å². The lowest BCUT2D eigenvalue weighted by Crippen LogP contribution is -2.09. The van der Waals surface area contributed by atoms with Crippen LogP contribution < -0.4 is 10.3 Å². The second-order valence-electron chi connectivity index (χ2n) is 4.86. The van der Waals surface area contributed by atoms with E-state index in [1.807, 2.05) is 36.6 Å². The van der Waals surface area contributed by atoms with Crippen molar-refractivity contribution >= 4 is 21.6 Å². The van der Waals surface area contributed by atoms with Gasteiger partial charge in [-0.15, -0.1) is 11.3 Å². The first-order valence-corrected chi connectivity index (χ1v) is 7.79. The molecule has 1 aromatic carbocycles. The Morgan fingerprint density at radius 2 is 2.14 bits per heavy atom. The van der Waals surface area contributed by atoms with E-state index in [9.17, 15) is 4.79 Å². The summed E-state index contributed by atoms with van der Waals surface area (Å²) in [7, 11) is 0. The number of benzene rings is 1. The summed E-state index contributed by atoms with van der Waals surface area (Å²) in [5, 5.41) is 2.63. The van der Waals surface area contributed by atoms with Gasteiger partial charge in [0, 0.05) is 0 Å². The van der Waals surface area contributed by atoms with E-state index in [4.69, 9.17) is 4.74 Å². The molecule has 5 heteroatoms. The number of hydrogen-bond donors (Lipinski definition) is 1. The minimum absolute atomic E-state index is 0.0981. The first-order chi connectivity index (χ1) is 10.2. The number of aromatic nitrogens is 2. The zero-order valence-electron chi connectivity index (χ0n) is 12.0. The van der Waals surface area contributed by atoms with Crippen LogP contribution in [0.15, 0.2) is 34.4 Å². The van der Waals surface area contributed by atoms with E-state index >= 15 is 0 Å². The van der Waals surface area contributed by atoms with Crippen LogP contribution in [0.5, 0.6) is 5.75 Å². The van der Waals surface area contributed by atoms with Gasteiger partial charge < -0.3 is 9.72 Å². The fourth-order valence-electron chi connectivity index (χ4n) is 2.22. The molecule has 2 aromatic heterocycles. The zero-order valence-corrected chi connectivity index (χ0v) is 12.8. The first kappa shape index (κ1) is 13.8. The van der Waals surface area contributed by atoms with Crippen molar-refractivity contribution in [1.29, 1.82) is 0 Å². The number of para-hydroxylation sites is 1. The van der Waals surface area contributed by atoms with Crippen molar-refractivity contribution in [2.45, 2.75) is 20.3 Å². The number of nitrogens with one attached hydrogen (secondary N) is 1. The molecule has 21 heavy (non-hydrogen) atoms. The van der Waals surface area contributed by atoms with Crippen LogP contribution in [-0.4, -0.2) is 16.6 Å². The summed E-state index contributed by atoms with van der Waals surface area (Å²) in [6.07, 6.45) is 0.932. The molecule has 3 aromatic rings. The number of ether oxygens (including phenoxy) is 1. The van der Waals surface area contributed by atoms with E-state index in [2.05, 4.69) is 16.9 Å². The molecule has 0 atom stereocenters. The molecule has 0 fully saturated rings. The minimum Gasteiger partial charge on any atom is -0.493 e. The van der Waals surface area contributed by atoms with Gasteiger partial charge in [-0.25, -0.2) is 4.98 Å². The maximum absolute atomic E-state index is 12.3. The van der Waals surface area contributed by atoms with Gasteiger partial charge in [0.15, 0.2) is 0 Å². The smallest absolute Gasteiger partial charge is 0.260 e. The molecule has 0 aliphatic rings. The van der Waals surface area contributed by atoms with Crippen LogP contribution in [0, 0.1) is 6.92 Å². The second-order valence-corrected chi connectivity index (χ2v) is 5.72. The number of H-pyrrole nitrogens is 1. The summed E-state index contributed by atoms with van der Waals surface area (Å²) >= 11 is 1.49. The zero-order chi connectivity index (χ0) is 14.8. The Morgan fingerprint density at radius 3 is 2.95 bits per heavy atom. The molecule has 0 bridgehead atoms. The van der Waals surface area contributed by atoms with E-state index in [1.54, 1.807) is 0 Å². The standard InChI is InChI=1S/C16H16N2O2S/c1-3-8-20-12-7-5-4-6-11(12)14-17-15(19)13-10(2)9-21-16(13)18-14/h4-7,9H,3,8H2,1-2H3,(H,17,18,19). The Labute approximate surface area is 126 Å². The van der Waals surface area contributed by atoms with Crippen LogP contribution >= 0.6 is 11.3 Å². The summed E-state index contributed by atoms with van der Waals surface area (Å²) in [5.41, 5.74) is 1.68. The Balaban J connectivity index is 2.14. The summed E-state index contributed by atoms with van der Waals surface area (Å²) in [6, 6.07) is 7.64. The number of fused-ring (bicyclic) bond motifs is 1. The average molecular weight is 300 g/mol. The van der Waals surface area contributed by atoms with Crippen molar-refractivity contribution in [2.75, 3.05) is 6.61 Å². The molecule has 0 aliphatic carbocycles. The van der Waals surface area contributed by atoms with Crippen LogP contribution in [0.1, 0.15) is 18.9 Å². The molecule has 2 heterocycles. The first-order valence-electron chi connectivity index (χ1n) is 6.91. The summed E-state index contributed by atoms with van der Waals surface area (Å²) in [6.45, 7) is 4.62. The van der Waals surface area contributed by atoms with E-state index in [0.717, 1.165) is 28.1 Å². The average Bonchev–Trinajstić information content (AvgIpc) is 2.87. The highest BCUT2D eigenvalue weighted by molar-refractivity contribution is 7.16. The van der Waals surface area contributed by atoms with E-state index in [0.29, 0.717) is 17.8 Å². The molecular formula is C16H16N2O2S. The van der Waals surface area contributed by atoms with Gasteiger partial charge in [-0.2, -0.15) is 0 Å². The molecule has 4 nitrogen and oxygen atoms in total. The van der Waals surface area contributed by atoms with Crippen molar-refractivity contribution in [3.63, 3.8) is 0 Å².